The number of nitrogens with one attached hydrogen (secondary N) is 1. The van der Waals surface area contributed by atoms with Crippen LogP contribution in [0.25, 0.3) is 0 Å². The van der Waals surface area contributed by atoms with E-state index >= 15 is 0 Å². The molecule has 0 spiro atoms. The third-order valence-corrected chi connectivity index (χ3v) is 2.49. The molecule has 0 saturated heterocycles. The molecule has 0 radical (unpaired) electrons. The highest BCUT2D eigenvalue weighted by atomic mass is 16.2. The molecular formula is C13H19N3O2. The second kappa shape index (κ2) is 6.16. The Hall–Kier alpha value is -1.88. The van der Waals surface area contributed by atoms with Gasteiger partial charge in [0.2, 0.25) is 11.8 Å². The lowest BCUT2D eigenvalue weighted by atomic mass is 10.1. The van der Waals surface area contributed by atoms with E-state index in [0.29, 0.717) is 12.1 Å². The lowest BCUT2D eigenvalue weighted by molar-refractivity contribution is -0.128. The molecule has 0 heterocycles. The number of rotatable bonds is 4. The van der Waals surface area contributed by atoms with Crippen molar-refractivity contribution in [3.8, 4) is 0 Å². The van der Waals surface area contributed by atoms with Crippen molar-refractivity contribution in [2.45, 2.75) is 19.4 Å². The van der Waals surface area contributed by atoms with Crippen LogP contribution in [0.4, 0.5) is 5.69 Å². The number of hydrogen-bond acceptors (Lipinski definition) is 3. The average Bonchev–Trinajstić information content (AvgIpc) is 2.31. The molecule has 98 valence electrons. The summed E-state index contributed by atoms with van der Waals surface area (Å²) in [6.45, 7) is 1.62. The minimum Gasteiger partial charge on any atom is -0.349 e. The largest absolute Gasteiger partial charge is 0.349 e. The maximum Gasteiger partial charge on any atom is 0.240 e. The number of nitrogens with zero attached hydrogens (tertiary/aromatic N) is 1. The van der Waals surface area contributed by atoms with Gasteiger partial charge in [0.15, 0.2) is 0 Å². The Morgan fingerprint density at radius 2 is 1.83 bits per heavy atom. The Kier molecular flexibility index (Phi) is 4.85. The quantitative estimate of drug-likeness (QED) is 0.820. The van der Waals surface area contributed by atoms with Gasteiger partial charge in [0.25, 0.3) is 0 Å². The molecule has 0 aliphatic carbocycles. The number of carbonyl (C=O) groups is 2. The molecule has 0 fully saturated rings. The Morgan fingerprint density at radius 1 is 1.28 bits per heavy atom. The summed E-state index contributed by atoms with van der Waals surface area (Å²) in [5.74, 6) is -0.186. The van der Waals surface area contributed by atoms with Crippen molar-refractivity contribution in [1.29, 1.82) is 0 Å². The number of likely N-dealkylation sites (N-methyl/N-ethyl adjacent to an activating group) is 1. The molecule has 2 amide bonds. The van der Waals surface area contributed by atoms with Gasteiger partial charge in [-0.3, -0.25) is 9.59 Å². The Morgan fingerprint density at radius 3 is 2.28 bits per heavy atom. The number of anilines is 1. The zero-order chi connectivity index (χ0) is 13.7. The molecule has 0 saturated carbocycles. The van der Waals surface area contributed by atoms with Crippen LogP contribution >= 0.6 is 0 Å². The fourth-order valence-corrected chi connectivity index (χ4v) is 1.29. The monoisotopic (exact) mass is 249 g/mol. The van der Waals surface area contributed by atoms with Gasteiger partial charge >= 0.3 is 0 Å². The summed E-state index contributed by atoms with van der Waals surface area (Å²) in [5, 5.41) is 2.69. The molecular weight excluding hydrogens is 230 g/mol. The normalized spacial score (nSPS) is 11.8. The maximum atomic E-state index is 11.5. The fraction of sp³-hybridized carbons (Fsp3) is 0.385. The van der Waals surface area contributed by atoms with Gasteiger partial charge in [0.1, 0.15) is 0 Å². The molecule has 0 aromatic heterocycles. The van der Waals surface area contributed by atoms with Crippen molar-refractivity contribution in [3.05, 3.63) is 29.8 Å². The van der Waals surface area contributed by atoms with E-state index in [-0.39, 0.29) is 11.8 Å². The van der Waals surface area contributed by atoms with Crippen LogP contribution < -0.4 is 11.1 Å². The third-order valence-electron chi connectivity index (χ3n) is 2.49. The maximum absolute atomic E-state index is 11.5. The number of benzene rings is 1. The number of carbonyl (C=O) groups excluding carboxylic acids is 2. The van der Waals surface area contributed by atoms with Gasteiger partial charge in [-0.1, -0.05) is 12.1 Å². The highest BCUT2D eigenvalue weighted by Crippen LogP contribution is 2.10. The van der Waals surface area contributed by atoms with Crippen molar-refractivity contribution in [2.75, 3.05) is 19.4 Å². The molecule has 1 aromatic carbocycles. The van der Waals surface area contributed by atoms with Crippen LogP contribution in [0.1, 0.15) is 12.5 Å². The lowest BCUT2D eigenvalue weighted by Crippen LogP contribution is -2.32. The molecule has 5 heteroatoms. The summed E-state index contributed by atoms with van der Waals surface area (Å²) in [4.78, 5) is 24.4. The van der Waals surface area contributed by atoms with Gasteiger partial charge in [-0.05, 0) is 24.6 Å². The summed E-state index contributed by atoms with van der Waals surface area (Å²) in [6, 6.07) is 6.62. The average molecular weight is 249 g/mol. The molecule has 1 aromatic rings. The number of hydrogen-bond donors (Lipinski definition) is 2. The van der Waals surface area contributed by atoms with E-state index < -0.39 is 6.04 Å². The van der Waals surface area contributed by atoms with Crippen LogP contribution in [0.15, 0.2) is 24.3 Å². The lowest BCUT2D eigenvalue weighted by Gasteiger charge is -2.11. The van der Waals surface area contributed by atoms with Crippen LogP contribution in [0, 0.1) is 0 Å². The molecule has 3 N–H and O–H groups in total. The third kappa shape index (κ3) is 4.18. The first-order valence-corrected chi connectivity index (χ1v) is 5.75. The highest BCUT2D eigenvalue weighted by molar-refractivity contribution is 5.94. The van der Waals surface area contributed by atoms with E-state index in [1.54, 1.807) is 38.1 Å². The first kappa shape index (κ1) is 14.2. The number of nitrogens with two attached hydrogens (primary N) is 1. The molecule has 0 aliphatic rings. The van der Waals surface area contributed by atoms with Crippen molar-refractivity contribution < 1.29 is 9.59 Å². The van der Waals surface area contributed by atoms with E-state index in [4.69, 9.17) is 5.73 Å². The van der Waals surface area contributed by atoms with Gasteiger partial charge in [-0.25, -0.2) is 0 Å². The molecule has 0 bridgehead atoms. The molecule has 1 rings (SSSR count). The Bertz CT molecular complexity index is 383. The van der Waals surface area contributed by atoms with E-state index in [2.05, 4.69) is 5.32 Å². The van der Waals surface area contributed by atoms with Gasteiger partial charge in [0, 0.05) is 19.8 Å². The summed E-state index contributed by atoms with van der Waals surface area (Å²) in [5.41, 5.74) is 7.04. The summed E-state index contributed by atoms with van der Waals surface area (Å²) < 4.78 is 0. The van der Waals surface area contributed by atoms with Crippen LogP contribution in [-0.2, 0) is 16.0 Å². The van der Waals surface area contributed by atoms with Crippen LogP contribution in [0.5, 0.6) is 0 Å². The Balaban J connectivity index is 2.63. The predicted octanol–water partition coefficient (Wildman–Crippen LogP) is 0.603. The van der Waals surface area contributed by atoms with Crippen molar-refractivity contribution in [3.63, 3.8) is 0 Å². The molecule has 5 nitrogen and oxygen atoms in total. The van der Waals surface area contributed by atoms with Crippen LogP contribution in [0.3, 0.4) is 0 Å². The first-order chi connectivity index (χ1) is 8.40. The second-order valence-electron chi connectivity index (χ2n) is 4.44. The van der Waals surface area contributed by atoms with Crippen molar-refractivity contribution in [2.24, 2.45) is 5.73 Å². The standard InChI is InChI=1S/C13H19N3O2/c1-9(14)13(18)15-11-6-4-10(5-7-11)8-12(17)16(2)3/h4-7,9H,8,14H2,1-3H3,(H,15,18)/t9-/m1/s1. The van der Waals surface area contributed by atoms with Gasteiger partial charge in [0.05, 0.1) is 12.5 Å². The zero-order valence-corrected chi connectivity index (χ0v) is 10.9. The Labute approximate surface area is 107 Å². The smallest absolute Gasteiger partial charge is 0.240 e. The van der Waals surface area contributed by atoms with Gasteiger partial charge in [-0.15, -0.1) is 0 Å². The minimum absolute atomic E-state index is 0.0439. The number of amides is 2. The summed E-state index contributed by atoms with van der Waals surface area (Å²) >= 11 is 0. The molecule has 1 atom stereocenters. The van der Waals surface area contributed by atoms with Crippen molar-refractivity contribution in [1.82, 2.24) is 4.90 Å². The van der Waals surface area contributed by atoms with Gasteiger partial charge < -0.3 is 16.0 Å². The summed E-state index contributed by atoms with van der Waals surface area (Å²) in [6.07, 6.45) is 0.356. The van der Waals surface area contributed by atoms with E-state index in [9.17, 15) is 9.59 Å². The SMILES string of the molecule is C[C@@H](N)C(=O)Nc1ccc(CC(=O)N(C)C)cc1. The van der Waals surface area contributed by atoms with E-state index in [1.165, 1.54) is 0 Å². The van der Waals surface area contributed by atoms with Crippen molar-refractivity contribution >= 4 is 17.5 Å². The van der Waals surface area contributed by atoms with E-state index in [1.807, 2.05) is 12.1 Å². The summed E-state index contributed by atoms with van der Waals surface area (Å²) in [7, 11) is 3.44. The fourth-order valence-electron chi connectivity index (χ4n) is 1.29. The van der Waals surface area contributed by atoms with Crippen LogP contribution in [0.2, 0.25) is 0 Å². The topological polar surface area (TPSA) is 75.4 Å². The second-order valence-corrected chi connectivity index (χ2v) is 4.44. The molecule has 18 heavy (non-hydrogen) atoms. The first-order valence-electron chi connectivity index (χ1n) is 5.75. The predicted molar refractivity (Wildman–Crippen MR) is 71.1 cm³/mol. The van der Waals surface area contributed by atoms with Crippen LogP contribution in [-0.4, -0.2) is 36.9 Å². The molecule has 0 unspecified atom stereocenters. The van der Waals surface area contributed by atoms with E-state index in [0.717, 1.165) is 5.56 Å². The van der Waals surface area contributed by atoms with Gasteiger partial charge in [-0.2, -0.15) is 0 Å². The highest BCUT2D eigenvalue weighted by Gasteiger charge is 2.08. The molecule has 0 aliphatic heterocycles. The minimum atomic E-state index is -0.542. The zero-order valence-electron chi connectivity index (χ0n) is 10.9.